The van der Waals surface area contributed by atoms with Gasteiger partial charge in [-0.15, -0.1) is 0 Å². The van der Waals surface area contributed by atoms with E-state index < -0.39 is 11.7 Å². The molecule has 0 aliphatic heterocycles. The van der Waals surface area contributed by atoms with Crippen molar-refractivity contribution in [2.24, 2.45) is 5.10 Å². The van der Waals surface area contributed by atoms with Crippen LogP contribution in [-0.4, -0.2) is 11.2 Å². The fourth-order valence-electron chi connectivity index (χ4n) is 2.36. The minimum Gasteiger partial charge on any atom is -0.486 e. The van der Waals surface area contributed by atoms with Crippen molar-refractivity contribution in [1.82, 2.24) is 4.98 Å². The molecule has 10 heteroatoms. The summed E-state index contributed by atoms with van der Waals surface area (Å²) in [6.07, 6.45) is -2.33. The molecule has 0 saturated carbocycles. The predicted molar refractivity (Wildman–Crippen MR) is 113 cm³/mol. The van der Waals surface area contributed by atoms with Gasteiger partial charge >= 0.3 is 6.18 Å². The van der Waals surface area contributed by atoms with E-state index in [0.717, 1.165) is 17.8 Å². The number of aromatic nitrogens is 1. The van der Waals surface area contributed by atoms with E-state index in [1.165, 1.54) is 12.3 Å². The summed E-state index contributed by atoms with van der Waals surface area (Å²) in [4.78, 5) is 3.66. The van der Waals surface area contributed by atoms with Crippen LogP contribution in [0.3, 0.4) is 0 Å². The van der Waals surface area contributed by atoms with Crippen molar-refractivity contribution in [2.45, 2.75) is 12.8 Å². The van der Waals surface area contributed by atoms with E-state index in [1.54, 1.807) is 18.2 Å². The van der Waals surface area contributed by atoms with Gasteiger partial charge in [-0.1, -0.05) is 53.0 Å². The first-order valence-corrected chi connectivity index (χ1v) is 9.55. The molecule has 1 heterocycles. The Hall–Kier alpha value is -2.48. The minimum absolute atomic E-state index is 0.149. The average Bonchev–Trinajstić information content (AvgIpc) is 2.68. The van der Waals surface area contributed by atoms with Crippen LogP contribution in [0.15, 0.2) is 59.8 Å². The maximum Gasteiger partial charge on any atom is 0.417 e. The fraction of sp³-hybridized carbons (Fsp3) is 0.100. The predicted octanol–water partition coefficient (Wildman–Crippen LogP) is 7.09. The normalized spacial score (nSPS) is 11.7. The molecule has 0 aliphatic carbocycles. The Kier molecular flexibility index (Phi) is 7.07. The quantitative estimate of drug-likeness (QED) is 0.306. The first-order chi connectivity index (χ1) is 14.2. The lowest BCUT2D eigenvalue weighted by molar-refractivity contribution is -0.137. The standard InChI is InChI=1S/C20H13Cl3F3N3O/c21-15-4-2-1-3-13(15)11-30-19-16(22)7-12(8-17(19)23)9-28-29-18-6-5-14(10-27-18)20(24,25)26/h1-10H,11H2,(H,27,29)/b28-9-. The van der Waals surface area contributed by atoms with Crippen molar-refractivity contribution in [3.63, 3.8) is 0 Å². The Labute approximate surface area is 185 Å². The maximum atomic E-state index is 12.5. The van der Waals surface area contributed by atoms with Crippen molar-refractivity contribution < 1.29 is 17.9 Å². The molecule has 1 aromatic heterocycles. The molecule has 3 rings (SSSR count). The summed E-state index contributed by atoms with van der Waals surface area (Å²) < 4.78 is 43.3. The van der Waals surface area contributed by atoms with Gasteiger partial charge in [-0.3, -0.25) is 5.43 Å². The first-order valence-electron chi connectivity index (χ1n) is 8.41. The topological polar surface area (TPSA) is 46.5 Å². The van der Waals surface area contributed by atoms with Gasteiger partial charge in [-0.25, -0.2) is 4.98 Å². The fourth-order valence-corrected chi connectivity index (χ4v) is 3.16. The molecule has 0 unspecified atom stereocenters. The van der Waals surface area contributed by atoms with Crippen LogP contribution >= 0.6 is 34.8 Å². The van der Waals surface area contributed by atoms with Gasteiger partial charge in [0.15, 0.2) is 5.75 Å². The van der Waals surface area contributed by atoms with Crippen LogP contribution in [0.4, 0.5) is 19.0 Å². The summed E-state index contributed by atoms with van der Waals surface area (Å²) in [6.45, 7) is 0.188. The van der Waals surface area contributed by atoms with Crippen LogP contribution in [0.2, 0.25) is 15.1 Å². The van der Waals surface area contributed by atoms with E-state index in [4.69, 9.17) is 39.5 Å². The van der Waals surface area contributed by atoms with Gasteiger partial charge < -0.3 is 4.74 Å². The largest absolute Gasteiger partial charge is 0.486 e. The highest BCUT2D eigenvalue weighted by Gasteiger charge is 2.30. The molecule has 2 aromatic carbocycles. The zero-order valence-electron chi connectivity index (χ0n) is 15.1. The molecule has 156 valence electrons. The second-order valence-electron chi connectivity index (χ2n) is 5.99. The van der Waals surface area contributed by atoms with Gasteiger partial charge in [0.05, 0.1) is 21.8 Å². The SMILES string of the molecule is FC(F)(F)c1ccc(N/N=C\c2cc(Cl)c(OCc3ccccc3Cl)c(Cl)c2)nc1. The summed E-state index contributed by atoms with van der Waals surface area (Å²) in [7, 11) is 0. The van der Waals surface area contributed by atoms with E-state index in [-0.39, 0.29) is 22.5 Å². The molecule has 0 spiro atoms. The second-order valence-corrected chi connectivity index (χ2v) is 7.22. The number of benzene rings is 2. The van der Waals surface area contributed by atoms with E-state index in [9.17, 15) is 13.2 Å². The summed E-state index contributed by atoms with van der Waals surface area (Å²) in [5.74, 6) is 0.448. The third-order valence-corrected chi connectivity index (χ3v) is 4.76. The van der Waals surface area contributed by atoms with Crippen LogP contribution in [0.25, 0.3) is 0 Å². The van der Waals surface area contributed by atoms with Crippen LogP contribution in [0.1, 0.15) is 16.7 Å². The van der Waals surface area contributed by atoms with Gasteiger partial charge in [-0.2, -0.15) is 18.3 Å². The molecule has 4 nitrogen and oxygen atoms in total. The number of hydrazone groups is 1. The summed E-state index contributed by atoms with van der Waals surface area (Å²) in [6, 6.07) is 12.5. The molecular weight excluding hydrogens is 462 g/mol. The Bertz CT molecular complexity index is 1030. The molecular formula is C20H13Cl3F3N3O. The Morgan fingerprint density at radius 3 is 2.30 bits per heavy atom. The third-order valence-electron chi connectivity index (χ3n) is 3.83. The highest BCUT2D eigenvalue weighted by molar-refractivity contribution is 6.37. The molecule has 0 aliphatic rings. The first kappa shape index (κ1) is 22.2. The Morgan fingerprint density at radius 1 is 1.00 bits per heavy atom. The van der Waals surface area contributed by atoms with Crippen LogP contribution in [-0.2, 0) is 12.8 Å². The van der Waals surface area contributed by atoms with E-state index >= 15 is 0 Å². The third kappa shape index (κ3) is 5.78. The van der Waals surface area contributed by atoms with Crippen molar-refractivity contribution in [3.8, 4) is 5.75 Å². The molecule has 30 heavy (non-hydrogen) atoms. The van der Waals surface area contributed by atoms with Crippen LogP contribution in [0, 0.1) is 0 Å². The summed E-state index contributed by atoms with van der Waals surface area (Å²) >= 11 is 18.6. The van der Waals surface area contributed by atoms with E-state index in [1.807, 2.05) is 18.2 Å². The van der Waals surface area contributed by atoms with Crippen molar-refractivity contribution >= 4 is 46.8 Å². The lowest BCUT2D eigenvalue weighted by atomic mass is 10.2. The monoisotopic (exact) mass is 473 g/mol. The van der Waals surface area contributed by atoms with Crippen LogP contribution in [0.5, 0.6) is 5.75 Å². The van der Waals surface area contributed by atoms with Gasteiger partial charge in [-0.05, 0) is 35.9 Å². The number of anilines is 1. The number of nitrogens with one attached hydrogen (secondary N) is 1. The molecule has 0 saturated heterocycles. The molecule has 1 N–H and O–H groups in total. The van der Waals surface area contributed by atoms with E-state index in [2.05, 4.69) is 15.5 Å². The Morgan fingerprint density at radius 2 is 1.70 bits per heavy atom. The van der Waals surface area contributed by atoms with E-state index in [0.29, 0.717) is 16.3 Å². The van der Waals surface area contributed by atoms with Crippen LogP contribution < -0.4 is 10.2 Å². The number of rotatable bonds is 6. The number of hydrogen-bond donors (Lipinski definition) is 1. The summed E-state index contributed by atoms with van der Waals surface area (Å²) in [5.41, 5.74) is 3.03. The number of pyridine rings is 1. The van der Waals surface area contributed by atoms with Crippen molar-refractivity contribution in [3.05, 3.63) is 86.5 Å². The number of halogens is 6. The second kappa shape index (κ2) is 9.55. The van der Waals surface area contributed by atoms with Gasteiger partial charge in [0.1, 0.15) is 12.4 Å². The lowest BCUT2D eigenvalue weighted by Gasteiger charge is -2.11. The van der Waals surface area contributed by atoms with Crippen molar-refractivity contribution in [1.29, 1.82) is 0 Å². The zero-order valence-corrected chi connectivity index (χ0v) is 17.3. The number of alkyl halides is 3. The molecule has 0 fully saturated rings. The minimum atomic E-state index is -4.45. The van der Waals surface area contributed by atoms with Gasteiger partial charge in [0.2, 0.25) is 0 Å². The molecule has 0 radical (unpaired) electrons. The maximum absolute atomic E-state index is 12.5. The number of hydrogen-bond acceptors (Lipinski definition) is 4. The highest BCUT2D eigenvalue weighted by Crippen LogP contribution is 2.35. The van der Waals surface area contributed by atoms with Gasteiger partial charge in [0, 0.05) is 16.8 Å². The smallest absolute Gasteiger partial charge is 0.417 e. The molecule has 0 amide bonds. The number of nitrogens with zero attached hydrogens (tertiary/aromatic N) is 2. The van der Waals surface area contributed by atoms with Crippen molar-refractivity contribution in [2.75, 3.05) is 5.43 Å². The molecule has 3 aromatic rings. The Balaban J connectivity index is 1.65. The summed E-state index contributed by atoms with van der Waals surface area (Å²) in [5, 5.41) is 5.03. The van der Waals surface area contributed by atoms with Gasteiger partial charge in [0.25, 0.3) is 0 Å². The zero-order chi connectivity index (χ0) is 21.7. The lowest BCUT2D eigenvalue weighted by Crippen LogP contribution is -2.05. The molecule has 0 atom stereocenters. The average molecular weight is 475 g/mol. The molecule has 0 bridgehead atoms. The highest BCUT2D eigenvalue weighted by atomic mass is 35.5. The number of ether oxygens (including phenoxy) is 1.